The van der Waals surface area contributed by atoms with Crippen molar-refractivity contribution in [3.8, 4) is 5.88 Å². The lowest BCUT2D eigenvalue weighted by molar-refractivity contribution is 0.232. The minimum absolute atomic E-state index is 0.0827. The lowest BCUT2D eigenvalue weighted by atomic mass is 10.2. The van der Waals surface area contributed by atoms with Crippen molar-refractivity contribution in [1.82, 2.24) is 9.97 Å². The third kappa shape index (κ3) is 4.70. The molecule has 0 spiro atoms. The number of ether oxygens (including phenoxy) is 1. The second-order valence-corrected chi connectivity index (χ2v) is 5.35. The van der Waals surface area contributed by atoms with Crippen LogP contribution in [0.5, 0.6) is 5.88 Å². The highest BCUT2D eigenvalue weighted by atomic mass is 32.2. The Morgan fingerprint density at radius 2 is 2.17 bits per heavy atom. The van der Waals surface area contributed by atoms with E-state index in [-0.39, 0.29) is 24.0 Å². The number of rotatable bonds is 7. The summed E-state index contributed by atoms with van der Waals surface area (Å²) in [5.74, 6) is 1.08. The molecule has 18 heavy (non-hydrogen) atoms. The maximum atomic E-state index is 9.22. The molecule has 0 radical (unpaired) electrons. The fraction of sp³-hybridized carbons (Fsp3) is 0.667. The van der Waals surface area contributed by atoms with Gasteiger partial charge in [0, 0.05) is 23.6 Å². The van der Waals surface area contributed by atoms with E-state index in [1.807, 2.05) is 27.0 Å². The van der Waals surface area contributed by atoms with Crippen molar-refractivity contribution in [3.63, 3.8) is 0 Å². The lowest BCUT2D eigenvalue weighted by Gasteiger charge is -2.21. The fourth-order valence-electron chi connectivity index (χ4n) is 1.45. The molecule has 0 amide bonds. The van der Waals surface area contributed by atoms with Crippen LogP contribution in [0.3, 0.4) is 0 Å². The molecule has 0 aliphatic rings. The zero-order chi connectivity index (χ0) is 13.5. The van der Waals surface area contributed by atoms with Crippen molar-refractivity contribution in [2.45, 2.75) is 38.2 Å². The van der Waals surface area contributed by atoms with Gasteiger partial charge in [0.2, 0.25) is 11.8 Å². The first-order valence-electron chi connectivity index (χ1n) is 5.96. The molecule has 1 rings (SSSR count). The quantitative estimate of drug-likeness (QED) is 0.788. The molecule has 1 aromatic heterocycles. The van der Waals surface area contributed by atoms with Crippen LogP contribution in [0.2, 0.25) is 0 Å². The topological polar surface area (TPSA) is 67.3 Å². The smallest absolute Gasteiger partial charge is 0.226 e. The van der Waals surface area contributed by atoms with Crippen LogP contribution in [-0.4, -0.2) is 45.3 Å². The third-order valence-corrected chi connectivity index (χ3v) is 3.55. The molecule has 102 valence electrons. The normalized spacial score (nSPS) is 14.3. The number of aliphatic hydroxyl groups excluding tert-OH is 1. The van der Waals surface area contributed by atoms with E-state index in [1.54, 1.807) is 24.0 Å². The SMILES string of the molecule is CSC(CO)C(C)Nc1nccc(OC(C)C)n1. The number of hydrogen-bond acceptors (Lipinski definition) is 6. The van der Waals surface area contributed by atoms with Gasteiger partial charge >= 0.3 is 0 Å². The van der Waals surface area contributed by atoms with Crippen LogP contribution >= 0.6 is 11.8 Å². The standard InChI is InChI=1S/C12H21N3O2S/c1-8(2)17-11-5-6-13-12(15-11)14-9(3)10(7-16)18-4/h5-6,8-10,16H,7H2,1-4H3,(H,13,14,15). The number of nitrogens with one attached hydrogen (secondary N) is 1. The molecule has 0 saturated carbocycles. The van der Waals surface area contributed by atoms with Crippen molar-refractivity contribution in [3.05, 3.63) is 12.3 Å². The van der Waals surface area contributed by atoms with Gasteiger partial charge in [-0.3, -0.25) is 0 Å². The molecule has 0 aromatic carbocycles. The van der Waals surface area contributed by atoms with E-state index in [9.17, 15) is 5.11 Å². The molecule has 0 bridgehead atoms. The van der Waals surface area contributed by atoms with E-state index in [1.165, 1.54) is 0 Å². The van der Waals surface area contributed by atoms with Crippen LogP contribution in [0.15, 0.2) is 12.3 Å². The Hall–Kier alpha value is -1.01. The van der Waals surface area contributed by atoms with Crippen molar-refractivity contribution < 1.29 is 9.84 Å². The summed E-state index contributed by atoms with van der Waals surface area (Å²) in [6.45, 7) is 6.02. The Kier molecular flexibility index (Phi) is 6.21. The number of nitrogens with zero attached hydrogens (tertiary/aromatic N) is 2. The monoisotopic (exact) mass is 271 g/mol. The van der Waals surface area contributed by atoms with Gasteiger partial charge in [-0.1, -0.05) is 0 Å². The summed E-state index contributed by atoms with van der Waals surface area (Å²) in [6, 6.07) is 1.81. The second-order valence-electron chi connectivity index (χ2n) is 4.27. The van der Waals surface area contributed by atoms with Gasteiger partial charge in [0.05, 0.1) is 12.7 Å². The van der Waals surface area contributed by atoms with E-state index in [0.717, 1.165) is 0 Å². The molecule has 2 unspecified atom stereocenters. The molecule has 0 saturated heterocycles. The number of anilines is 1. The van der Waals surface area contributed by atoms with Gasteiger partial charge < -0.3 is 15.2 Å². The second kappa shape index (κ2) is 7.43. The van der Waals surface area contributed by atoms with Crippen molar-refractivity contribution in [1.29, 1.82) is 0 Å². The highest BCUT2D eigenvalue weighted by Crippen LogP contribution is 2.15. The molecule has 5 nitrogen and oxygen atoms in total. The minimum atomic E-state index is 0.0827. The molecule has 0 fully saturated rings. The molecule has 2 atom stereocenters. The minimum Gasteiger partial charge on any atom is -0.475 e. The van der Waals surface area contributed by atoms with Crippen LogP contribution in [0.1, 0.15) is 20.8 Å². The Morgan fingerprint density at radius 1 is 1.44 bits per heavy atom. The summed E-state index contributed by atoms with van der Waals surface area (Å²) in [6.07, 6.45) is 3.71. The highest BCUT2D eigenvalue weighted by molar-refractivity contribution is 7.99. The summed E-state index contributed by atoms with van der Waals surface area (Å²) in [4.78, 5) is 8.41. The van der Waals surface area contributed by atoms with Crippen LogP contribution in [-0.2, 0) is 0 Å². The van der Waals surface area contributed by atoms with Gasteiger partial charge in [0.15, 0.2) is 0 Å². The van der Waals surface area contributed by atoms with E-state index in [4.69, 9.17) is 4.74 Å². The average Bonchev–Trinajstić information content (AvgIpc) is 2.30. The van der Waals surface area contributed by atoms with Gasteiger partial charge in [-0.25, -0.2) is 4.98 Å². The van der Waals surface area contributed by atoms with Gasteiger partial charge in [-0.2, -0.15) is 16.7 Å². The first-order chi connectivity index (χ1) is 8.56. The van der Waals surface area contributed by atoms with Gasteiger partial charge in [0.25, 0.3) is 0 Å². The number of aromatic nitrogens is 2. The van der Waals surface area contributed by atoms with Crippen molar-refractivity contribution in [2.24, 2.45) is 0 Å². The highest BCUT2D eigenvalue weighted by Gasteiger charge is 2.16. The lowest BCUT2D eigenvalue weighted by Crippen LogP contribution is -2.31. The maximum Gasteiger partial charge on any atom is 0.226 e. The largest absolute Gasteiger partial charge is 0.475 e. The zero-order valence-electron chi connectivity index (χ0n) is 11.3. The van der Waals surface area contributed by atoms with E-state index in [0.29, 0.717) is 11.8 Å². The molecule has 1 aromatic rings. The predicted molar refractivity (Wildman–Crippen MR) is 75.3 cm³/mol. The van der Waals surface area contributed by atoms with E-state index >= 15 is 0 Å². The third-order valence-electron chi connectivity index (χ3n) is 2.38. The number of hydrogen-bond donors (Lipinski definition) is 2. The molecule has 2 N–H and O–H groups in total. The van der Waals surface area contributed by atoms with Crippen LogP contribution in [0.25, 0.3) is 0 Å². The summed E-state index contributed by atoms with van der Waals surface area (Å²) in [5.41, 5.74) is 0. The predicted octanol–water partition coefficient (Wildman–Crippen LogP) is 1.79. The molecule has 0 aliphatic heterocycles. The summed E-state index contributed by atoms with van der Waals surface area (Å²) in [7, 11) is 0. The van der Waals surface area contributed by atoms with Gasteiger partial charge in [-0.15, -0.1) is 0 Å². The van der Waals surface area contributed by atoms with E-state index in [2.05, 4.69) is 15.3 Å². The first-order valence-corrected chi connectivity index (χ1v) is 7.25. The molecule has 6 heteroatoms. The first kappa shape index (κ1) is 15.0. The summed E-state index contributed by atoms with van der Waals surface area (Å²) >= 11 is 1.61. The summed E-state index contributed by atoms with van der Waals surface area (Å²) in [5, 5.41) is 12.5. The van der Waals surface area contributed by atoms with Gasteiger partial charge in [-0.05, 0) is 27.0 Å². The van der Waals surface area contributed by atoms with Crippen molar-refractivity contribution >= 4 is 17.7 Å². The Labute approximate surface area is 112 Å². The molecular weight excluding hydrogens is 250 g/mol. The van der Waals surface area contributed by atoms with Crippen molar-refractivity contribution in [2.75, 3.05) is 18.2 Å². The van der Waals surface area contributed by atoms with Gasteiger partial charge in [0.1, 0.15) is 0 Å². The molecule has 0 aliphatic carbocycles. The van der Waals surface area contributed by atoms with Crippen LogP contribution < -0.4 is 10.1 Å². The van der Waals surface area contributed by atoms with Crippen LogP contribution in [0, 0.1) is 0 Å². The fourth-order valence-corrected chi connectivity index (χ4v) is 2.08. The Bertz CT molecular complexity index is 359. The zero-order valence-corrected chi connectivity index (χ0v) is 12.1. The number of thioether (sulfide) groups is 1. The molecular formula is C12H21N3O2S. The average molecular weight is 271 g/mol. The number of aliphatic hydroxyl groups is 1. The summed E-state index contributed by atoms with van der Waals surface area (Å²) < 4.78 is 5.50. The Balaban J connectivity index is 2.66. The maximum absolute atomic E-state index is 9.22. The molecule has 1 heterocycles. The Morgan fingerprint density at radius 3 is 2.72 bits per heavy atom. The van der Waals surface area contributed by atoms with E-state index < -0.39 is 0 Å². The van der Waals surface area contributed by atoms with Crippen LogP contribution in [0.4, 0.5) is 5.95 Å².